The number of aromatic nitrogens is 1. The van der Waals surface area contributed by atoms with Crippen molar-refractivity contribution >= 4 is 34.4 Å². The standard InChI is InChI=1S/C21H27N3O6/c1-4-30-20(26)13-8-10-24(11-9-13)12-16(25)23-18-17-14(6-5-7-15(17)28-2)22-19(18)21(27)29-3/h5-7,13,22H,4,8-12H2,1-3H3,(H,23,25)/p+1. The Hall–Kier alpha value is -3.07. The first kappa shape index (κ1) is 21.6. The van der Waals surface area contributed by atoms with Gasteiger partial charge in [-0.3, -0.25) is 9.59 Å². The highest BCUT2D eigenvalue weighted by Crippen LogP contribution is 2.35. The Morgan fingerprint density at radius 2 is 1.93 bits per heavy atom. The summed E-state index contributed by atoms with van der Waals surface area (Å²) in [6.45, 7) is 3.82. The number of aromatic amines is 1. The molecule has 1 aliphatic rings. The van der Waals surface area contributed by atoms with Gasteiger partial charge in [0.25, 0.3) is 5.91 Å². The molecule has 9 nitrogen and oxygen atoms in total. The molecule has 1 fully saturated rings. The molecule has 0 unspecified atom stereocenters. The number of hydrogen-bond donors (Lipinski definition) is 3. The minimum Gasteiger partial charge on any atom is -0.496 e. The van der Waals surface area contributed by atoms with Gasteiger partial charge in [0.15, 0.2) is 6.54 Å². The lowest BCUT2D eigenvalue weighted by molar-refractivity contribution is -0.897. The molecule has 1 aromatic carbocycles. The van der Waals surface area contributed by atoms with Crippen LogP contribution in [0.1, 0.15) is 30.3 Å². The third-order valence-electron chi connectivity index (χ3n) is 5.38. The minimum atomic E-state index is -0.578. The third-order valence-corrected chi connectivity index (χ3v) is 5.38. The second kappa shape index (κ2) is 9.62. The molecule has 0 spiro atoms. The van der Waals surface area contributed by atoms with Crippen LogP contribution in [0.5, 0.6) is 5.75 Å². The number of amides is 1. The first-order valence-electron chi connectivity index (χ1n) is 10.1. The third kappa shape index (κ3) is 4.56. The number of rotatable bonds is 7. The second-order valence-electron chi connectivity index (χ2n) is 7.25. The monoisotopic (exact) mass is 418 g/mol. The molecule has 1 saturated heterocycles. The molecule has 162 valence electrons. The number of likely N-dealkylation sites (tertiary alicyclic amines) is 1. The molecule has 1 aromatic heterocycles. The molecule has 0 aliphatic carbocycles. The number of ether oxygens (including phenoxy) is 3. The number of methoxy groups -OCH3 is 2. The molecule has 3 rings (SSSR count). The van der Waals surface area contributed by atoms with Gasteiger partial charge in [-0.05, 0) is 19.1 Å². The van der Waals surface area contributed by atoms with Crippen LogP contribution < -0.4 is 15.0 Å². The van der Waals surface area contributed by atoms with E-state index in [1.54, 1.807) is 25.1 Å². The second-order valence-corrected chi connectivity index (χ2v) is 7.25. The molecule has 0 bridgehead atoms. The molecule has 2 aromatic rings. The topological polar surface area (TPSA) is 111 Å². The van der Waals surface area contributed by atoms with E-state index >= 15 is 0 Å². The van der Waals surface area contributed by atoms with Crippen molar-refractivity contribution in [1.82, 2.24) is 4.98 Å². The van der Waals surface area contributed by atoms with Crippen molar-refractivity contribution in [2.24, 2.45) is 5.92 Å². The van der Waals surface area contributed by atoms with Gasteiger partial charge >= 0.3 is 11.9 Å². The molecule has 9 heteroatoms. The van der Waals surface area contributed by atoms with E-state index in [0.29, 0.717) is 54.9 Å². The lowest BCUT2D eigenvalue weighted by Crippen LogP contribution is -3.14. The van der Waals surface area contributed by atoms with Gasteiger partial charge in [-0.1, -0.05) is 6.07 Å². The van der Waals surface area contributed by atoms with Crippen molar-refractivity contribution in [3.8, 4) is 5.75 Å². The van der Waals surface area contributed by atoms with Gasteiger partial charge in [-0.2, -0.15) is 0 Å². The normalized spacial score (nSPS) is 18.6. The first-order chi connectivity index (χ1) is 14.5. The van der Waals surface area contributed by atoms with Crippen LogP contribution in [0.25, 0.3) is 10.9 Å². The van der Waals surface area contributed by atoms with Crippen molar-refractivity contribution in [2.45, 2.75) is 19.8 Å². The maximum atomic E-state index is 12.8. The van der Waals surface area contributed by atoms with Gasteiger partial charge in [-0.25, -0.2) is 4.79 Å². The van der Waals surface area contributed by atoms with Gasteiger partial charge < -0.3 is 29.4 Å². The number of hydrogen-bond acceptors (Lipinski definition) is 6. The Morgan fingerprint density at radius 1 is 1.20 bits per heavy atom. The summed E-state index contributed by atoms with van der Waals surface area (Å²) < 4.78 is 15.4. The number of H-pyrrole nitrogens is 1. The highest BCUT2D eigenvalue weighted by atomic mass is 16.5. The molecular weight excluding hydrogens is 390 g/mol. The molecule has 2 heterocycles. The summed E-state index contributed by atoms with van der Waals surface area (Å²) in [5, 5.41) is 3.48. The van der Waals surface area contributed by atoms with Crippen LogP contribution in [0.2, 0.25) is 0 Å². The first-order valence-corrected chi connectivity index (χ1v) is 10.1. The predicted molar refractivity (Wildman–Crippen MR) is 110 cm³/mol. The van der Waals surface area contributed by atoms with Gasteiger partial charge in [0.05, 0.1) is 56.4 Å². The van der Waals surface area contributed by atoms with Crippen molar-refractivity contribution in [3.05, 3.63) is 23.9 Å². The number of piperidine rings is 1. The Labute approximate surface area is 174 Å². The largest absolute Gasteiger partial charge is 0.496 e. The van der Waals surface area contributed by atoms with Crippen LogP contribution >= 0.6 is 0 Å². The van der Waals surface area contributed by atoms with Crippen molar-refractivity contribution < 1.29 is 33.5 Å². The minimum absolute atomic E-state index is 0.0967. The van der Waals surface area contributed by atoms with E-state index in [1.165, 1.54) is 14.2 Å². The number of benzene rings is 1. The van der Waals surface area contributed by atoms with E-state index < -0.39 is 5.97 Å². The molecule has 1 amide bonds. The van der Waals surface area contributed by atoms with Gasteiger partial charge in [0.2, 0.25) is 0 Å². The quantitative estimate of drug-likeness (QED) is 0.573. The fourth-order valence-corrected chi connectivity index (χ4v) is 3.87. The fourth-order valence-electron chi connectivity index (χ4n) is 3.87. The zero-order valence-electron chi connectivity index (χ0n) is 17.5. The average Bonchev–Trinajstić information content (AvgIpc) is 3.12. The lowest BCUT2D eigenvalue weighted by atomic mass is 9.97. The Bertz CT molecular complexity index is 930. The highest BCUT2D eigenvalue weighted by Gasteiger charge is 2.30. The van der Waals surface area contributed by atoms with Gasteiger partial charge in [0, 0.05) is 12.8 Å². The van der Waals surface area contributed by atoms with Crippen molar-refractivity contribution in [2.75, 3.05) is 45.8 Å². The average molecular weight is 418 g/mol. The summed E-state index contributed by atoms with van der Waals surface area (Å²) in [6, 6.07) is 5.35. The Balaban J connectivity index is 1.72. The van der Waals surface area contributed by atoms with E-state index in [-0.39, 0.29) is 30.0 Å². The predicted octanol–water partition coefficient (Wildman–Crippen LogP) is 0.760. The summed E-state index contributed by atoms with van der Waals surface area (Å²) >= 11 is 0. The van der Waals surface area contributed by atoms with Crippen molar-refractivity contribution in [3.63, 3.8) is 0 Å². The van der Waals surface area contributed by atoms with Gasteiger partial charge in [-0.15, -0.1) is 0 Å². The Morgan fingerprint density at radius 3 is 2.57 bits per heavy atom. The van der Waals surface area contributed by atoms with E-state index in [2.05, 4.69) is 10.3 Å². The number of anilines is 1. The highest BCUT2D eigenvalue weighted by molar-refractivity contribution is 6.13. The van der Waals surface area contributed by atoms with Crippen LogP contribution in [0.4, 0.5) is 5.69 Å². The summed E-state index contributed by atoms with van der Waals surface area (Å²) in [5.74, 6) is -0.519. The van der Waals surface area contributed by atoms with Crippen LogP contribution in [-0.4, -0.2) is 63.3 Å². The maximum absolute atomic E-state index is 12.8. The number of nitrogens with one attached hydrogen (secondary N) is 3. The van der Waals surface area contributed by atoms with Crippen LogP contribution in [-0.2, 0) is 19.1 Å². The summed E-state index contributed by atoms with van der Waals surface area (Å²) in [5.41, 5.74) is 1.18. The van der Waals surface area contributed by atoms with E-state index in [0.717, 1.165) is 4.90 Å². The zero-order chi connectivity index (χ0) is 21.7. The molecule has 30 heavy (non-hydrogen) atoms. The summed E-state index contributed by atoms with van der Waals surface area (Å²) in [6.07, 6.45) is 1.38. The van der Waals surface area contributed by atoms with E-state index in [1.807, 2.05) is 0 Å². The summed E-state index contributed by atoms with van der Waals surface area (Å²) in [4.78, 5) is 41.0. The molecule has 1 aliphatic heterocycles. The number of quaternary nitrogens is 1. The molecule has 0 saturated carbocycles. The molecule has 0 radical (unpaired) electrons. The van der Waals surface area contributed by atoms with Crippen LogP contribution in [0, 0.1) is 5.92 Å². The van der Waals surface area contributed by atoms with Crippen LogP contribution in [0.15, 0.2) is 18.2 Å². The summed E-state index contributed by atoms with van der Waals surface area (Å²) in [7, 11) is 2.82. The molecular formula is C21H28N3O6+. The Kier molecular flexibility index (Phi) is 6.94. The zero-order valence-corrected chi connectivity index (χ0v) is 17.5. The smallest absolute Gasteiger partial charge is 0.356 e. The number of esters is 2. The SMILES string of the molecule is CCOC(=O)C1CC[NH+](CC(=O)Nc2c(C(=O)OC)[nH]c3cccc(OC)c23)CC1. The fraction of sp³-hybridized carbons (Fsp3) is 0.476. The van der Waals surface area contributed by atoms with Gasteiger partial charge in [0.1, 0.15) is 11.4 Å². The molecule has 0 atom stereocenters. The van der Waals surface area contributed by atoms with E-state index in [9.17, 15) is 14.4 Å². The number of carbonyl (C=O) groups excluding carboxylic acids is 3. The maximum Gasteiger partial charge on any atom is 0.356 e. The van der Waals surface area contributed by atoms with Crippen molar-refractivity contribution in [1.29, 1.82) is 0 Å². The number of carbonyl (C=O) groups is 3. The lowest BCUT2D eigenvalue weighted by Gasteiger charge is -2.27. The number of fused-ring (bicyclic) bond motifs is 1. The molecule has 3 N–H and O–H groups in total. The van der Waals surface area contributed by atoms with E-state index in [4.69, 9.17) is 14.2 Å². The van der Waals surface area contributed by atoms with Crippen LogP contribution in [0.3, 0.4) is 0 Å².